The molecular formula is C11H15ClFNO2S. The van der Waals surface area contributed by atoms with Crippen LogP contribution in [0, 0.1) is 18.7 Å². The van der Waals surface area contributed by atoms with Crippen LogP contribution in [0.15, 0.2) is 18.2 Å². The lowest BCUT2D eigenvalue weighted by Crippen LogP contribution is -2.22. The maximum absolute atomic E-state index is 13.2. The Morgan fingerprint density at radius 1 is 1.47 bits per heavy atom. The number of benzene rings is 1. The number of sulfonamides is 1. The second kappa shape index (κ2) is 5.69. The lowest BCUT2D eigenvalue weighted by molar-refractivity contribution is 0.588. The van der Waals surface area contributed by atoms with Gasteiger partial charge in [0, 0.05) is 11.4 Å². The van der Waals surface area contributed by atoms with Crippen molar-refractivity contribution >= 4 is 27.3 Å². The fourth-order valence-corrected chi connectivity index (χ4v) is 3.09. The van der Waals surface area contributed by atoms with Gasteiger partial charge in [0.25, 0.3) is 0 Å². The summed E-state index contributed by atoms with van der Waals surface area (Å²) in [4.78, 5) is 0. The smallest absolute Gasteiger partial charge is 0.233 e. The third-order valence-electron chi connectivity index (χ3n) is 2.30. The number of anilines is 1. The van der Waals surface area contributed by atoms with E-state index in [-0.39, 0.29) is 28.8 Å². The second-order valence-electron chi connectivity index (χ2n) is 4.06. The van der Waals surface area contributed by atoms with Crippen LogP contribution in [-0.2, 0) is 10.0 Å². The van der Waals surface area contributed by atoms with Crippen LogP contribution in [0.4, 0.5) is 10.1 Å². The number of alkyl halides is 1. The third-order valence-corrected chi connectivity index (χ3v) is 4.37. The highest BCUT2D eigenvalue weighted by atomic mass is 35.5. The highest BCUT2D eigenvalue weighted by Crippen LogP contribution is 2.19. The zero-order valence-electron chi connectivity index (χ0n) is 9.70. The normalized spacial score (nSPS) is 13.4. The molecule has 0 heterocycles. The average Bonchev–Trinajstić information content (AvgIpc) is 2.23. The molecule has 0 radical (unpaired) electrons. The summed E-state index contributed by atoms with van der Waals surface area (Å²) >= 11 is 5.57. The Hall–Kier alpha value is -0.810. The molecule has 0 aliphatic heterocycles. The molecule has 6 heteroatoms. The van der Waals surface area contributed by atoms with Crippen molar-refractivity contribution in [1.29, 1.82) is 0 Å². The molecule has 0 spiro atoms. The van der Waals surface area contributed by atoms with Gasteiger partial charge in [-0.15, -0.1) is 11.6 Å². The molecule has 1 atom stereocenters. The molecule has 17 heavy (non-hydrogen) atoms. The van der Waals surface area contributed by atoms with Crippen molar-refractivity contribution in [2.45, 2.75) is 13.8 Å². The Balaban J connectivity index is 2.87. The van der Waals surface area contributed by atoms with Crippen molar-refractivity contribution in [2.75, 3.05) is 16.4 Å². The van der Waals surface area contributed by atoms with E-state index in [4.69, 9.17) is 11.6 Å². The predicted octanol–water partition coefficient (Wildman–Crippen LogP) is 2.75. The van der Waals surface area contributed by atoms with Crippen LogP contribution in [-0.4, -0.2) is 20.1 Å². The van der Waals surface area contributed by atoms with Crippen molar-refractivity contribution in [3.63, 3.8) is 0 Å². The maximum Gasteiger partial charge on any atom is 0.233 e. The zero-order chi connectivity index (χ0) is 13.1. The van der Waals surface area contributed by atoms with Crippen molar-refractivity contribution in [1.82, 2.24) is 0 Å². The van der Waals surface area contributed by atoms with Crippen LogP contribution in [0.5, 0.6) is 0 Å². The van der Waals surface area contributed by atoms with Crippen molar-refractivity contribution in [3.8, 4) is 0 Å². The van der Waals surface area contributed by atoms with E-state index in [1.54, 1.807) is 6.92 Å². The molecule has 0 saturated heterocycles. The molecule has 1 N–H and O–H groups in total. The summed E-state index contributed by atoms with van der Waals surface area (Å²) in [5, 5.41) is 0. The standard InChI is InChI=1S/C11H15ClFNO2S/c1-8(6-12)7-17(15,16)14-11-5-3-4-10(13)9(11)2/h3-5,8,14H,6-7H2,1-2H3. The van der Waals surface area contributed by atoms with Crippen molar-refractivity contribution in [3.05, 3.63) is 29.6 Å². The summed E-state index contributed by atoms with van der Waals surface area (Å²) < 4.78 is 39.1. The van der Waals surface area contributed by atoms with Gasteiger partial charge in [-0.25, -0.2) is 12.8 Å². The van der Waals surface area contributed by atoms with Gasteiger partial charge in [0.15, 0.2) is 0 Å². The summed E-state index contributed by atoms with van der Waals surface area (Å²) in [5.74, 6) is -0.395. The van der Waals surface area contributed by atoms with Crippen molar-refractivity contribution < 1.29 is 12.8 Å². The van der Waals surface area contributed by atoms with Gasteiger partial charge in [-0.1, -0.05) is 13.0 Å². The van der Waals surface area contributed by atoms with Crippen molar-refractivity contribution in [2.24, 2.45) is 5.92 Å². The van der Waals surface area contributed by atoms with Crippen LogP contribution < -0.4 is 4.72 Å². The summed E-state index contributed by atoms with van der Waals surface area (Å²) in [7, 11) is -3.49. The average molecular weight is 280 g/mol. The molecule has 0 amide bonds. The van der Waals surface area contributed by atoms with Gasteiger partial charge in [-0.2, -0.15) is 0 Å². The SMILES string of the molecule is Cc1c(F)cccc1NS(=O)(=O)CC(C)CCl. The van der Waals surface area contributed by atoms with Gasteiger partial charge >= 0.3 is 0 Å². The molecule has 1 rings (SSSR count). The minimum absolute atomic E-state index is 0.0769. The largest absolute Gasteiger partial charge is 0.283 e. The molecule has 0 bridgehead atoms. The second-order valence-corrected chi connectivity index (χ2v) is 6.13. The molecule has 1 unspecified atom stereocenters. The van der Waals surface area contributed by atoms with E-state index in [1.807, 2.05) is 0 Å². The van der Waals surface area contributed by atoms with Crippen LogP contribution in [0.2, 0.25) is 0 Å². The lowest BCUT2D eigenvalue weighted by Gasteiger charge is -2.13. The number of nitrogens with one attached hydrogen (secondary N) is 1. The first-order valence-electron chi connectivity index (χ1n) is 5.17. The molecule has 0 saturated carbocycles. The predicted molar refractivity (Wildman–Crippen MR) is 68.4 cm³/mol. The van der Waals surface area contributed by atoms with E-state index in [9.17, 15) is 12.8 Å². The molecular weight excluding hydrogens is 265 g/mol. The maximum atomic E-state index is 13.2. The molecule has 0 aliphatic carbocycles. The van der Waals surface area contributed by atoms with Crippen LogP contribution in [0.25, 0.3) is 0 Å². The first kappa shape index (κ1) is 14.3. The minimum atomic E-state index is -3.49. The summed E-state index contributed by atoms with van der Waals surface area (Å²) in [5.41, 5.74) is 0.557. The molecule has 0 aliphatic rings. The van der Waals surface area contributed by atoms with E-state index < -0.39 is 15.8 Å². The third kappa shape index (κ3) is 4.16. The summed E-state index contributed by atoms with van der Waals surface area (Å²) in [6.45, 7) is 3.27. The van der Waals surface area contributed by atoms with E-state index >= 15 is 0 Å². The monoisotopic (exact) mass is 279 g/mol. The number of hydrogen-bond donors (Lipinski definition) is 1. The van der Waals surface area contributed by atoms with E-state index in [0.717, 1.165) is 0 Å². The molecule has 1 aromatic carbocycles. The van der Waals surface area contributed by atoms with E-state index in [0.29, 0.717) is 0 Å². The first-order valence-corrected chi connectivity index (χ1v) is 7.36. The molecule has 1 aromatic rings. The molecule has 0 fully saturated rings. The Kier molecular flexibility index (Phi) is 4.77. The number of rotatable bonds is 5. The molecule has 3 nitrogen and oxygen atoms in total. The highest BCUT2D eigenvalue weighted by Gasteiger charge is 2.16. The van der Waals surface area contributed by atoms with Gasteiger partial charge in [-0.3, -0.25) is 4.72 Å². The molecule has 96 valence electrons. The van der Waals surface area contributed by atoms with Gasteiger partial charge in [0.2, 0.25) is 10.0 Å². The fourth-order valence-electron chi connectivity index (χ4n) is 1.35. The first-order chi connectivity index (χ1) is 7.85. The Labute approximate surface area is 106 Å². The quantitative estimate of drug-likeness (QED) is 0.843. The Morgan fingerprint density at radius 2 is 2.12 bits per heavy atom. The summed E-state index contributed by atoms with van der Waals surface area (Å²) in [6.07, 6.45) is 0. The van der Waals surface area contributed by atoms with Crippen LogP contribution >= 0.6 is 11.6 Å². The number of halogens is 2. The van der Waals surface area contributed by atoms with Crippen LogP contribution in [0.3, 0.4) is 0 Å². The Bertz CT molecular complexity index is 490. The van der Waals surface area contributed by atoms with Crippen LogP contribution in [0.1, 0.15) is 12.5 Å². The van der Waals surface area contributed by atoms with Gasteiger partial charge in [0.1, 0.15) is 5.82 Å². The van der Waals surface area contributed by atoms with Gasteiger partial charge < -0.3 is 0 Å². The Morgan fingerprint density at radius 3 is 2.71 bits per heavy atom. The topological polar surface area (TPSA) is 46.2 Å². The fraction of sp³-hybridized carbons (Fsp3) is 0.455. The number of hydrogen-bond acceptors (Lipinski definition) is 2. The highest BCUT2D eigenvalue weighted by molar-refractivity contribution is 7.92. The van der Waals surface area contributed by atoms with E-state index in [1.165, 1.54) is 25.1 Å². The molecule has 0 aromatic heterocycles. The van der Waals surface area contributed by atoms with Gasteiger partial charge in [0.05, 0.1) is 11.4 Å². The lowest BCUT2D eigenvalue weighted by atomic mass is 10.2. The zero-order valence-corrected chi connectivity index (χ0v) is 11.3. The van der Waals surface area contributed by atoms with Gasteiger partial charge in [-0.05, 0) is 25.0 Å². The van der Waals surface area contributed by atoms with E-state index in [2.05, 4.69) is 4.72 Å². The minimum Gasteiger partial charge on any atom is -0.283 e. The summed E-state index contributed by atoms with van der Waals surface area (Å²) in [6, 6.07) is 4.28.